The van der Waals surface area contributed by atoms with E-state index < -0.39 is 41.7 Å². The van der Waals surface area contributed by atoms with Gasteiger partial charge in [0.2, 0.25) is 5.12 Å². The Morgan fingerprint density at radius 3 is 2.09 bits per heavy atom. The second-order valence-corrected chi connectivity index (χ2v) is 5.40. The van der Waals surface area contributed by atoms with Crippen LogP contribution < -0.4 is 0 Å². The highest BCUT2D eigenvalue weighted by molar-refractivity contribution is 8.14. The van der Waals surface area contributed by atoms with Crippen molar-refractivity contribution >= 4 is 16.9 Å². The number of alkyl halides is 7. The predicted molar refractivity (Wildman–Crippen MR) is 68.6 cm³/mol. The average molecular weight is 348 g/mol. The van der Waals surface area contributed by atoms with E-state index in [1.807, 2.05) is 0 Å². The van der Waals surface area contributed by atoms with Crippen molar-refractivity contribution in [2.24, 2.45) is 0 Å². The summed E-state index contributed by atoms with van der Waals surface area (Å²) in [6.45, 7) is 0. The number of hydrogen-bond acceptors (Lipinski definition) is 2. The zero-order chi connectivity index (χ0) is 17.0. The zero-order valence-electron chi connectivity index (χ0n) is 10.9. The number of rotatable bonds is 6. The van der Waals surface area contributed by atoms with E-state index in [1.54, 1.807) is 18.2 Å². The van der Waals surface area contributed by atoms with E-state index >= 15 is 0 Å². The molecule has 0 fully saturated rings. The molecule has 1 aromatic carbocycles. The first-order valence-corrected chi connectivity index (χ1v) is 7.00. The Kier molecular flexibility index (Phi) is 6.27. The van der Waals surface area contributed by atoms with Crippen LogP contribution in [0.5, 0.6) is 0 Å². The fourth-order valence-electron chi connectivity index (χ4n) is 1.48. The Labute approximate surface area is 125 Å². The number of carbonyl (C=O) groups is 1. The van der Waals surface area contributed by atoms with Crippen molar-refractivity contribution in [2.75, 3.05) is 5.75 Å². The van der Waals surface area contributed by atoms with Crippen molar-refractivity contribution in [3.63, 3.8) is 0 Å². The summed E-state index contributed by atoms with van der Waals surface area (Å²) >= 11 is 0.477. The molecule has 0 saturated heterocycles. The van der Waals surface area contributed by atoms with Crippen molar-refractivity contribution in [2.45, 2.75) is 30.9 Å². The van der Waals surface area contributed by atoms with E-state index in [-0.39, 0.29) is 5.56 Å². The average Bonchev–Trinajstić information content (AvgIpc) is 2.46. The topological polar surface area (TPSA) is 17.1 Å². The van der Waals surface area contributed by atoms with Crippen LogP contribution in [0.1, 0.15) is 16.8 Å². The lowest BCUT2D eigenvalue weighted by Crippen LogP contribution is -2.48. The second-order valence-electron chi connectivity index (χ2n) is 4.34. The van der Waals surface area contributed by atoms with E-state index in [2.05, 4.69) is 0 Å². The van der Waals surface area contributed by atoms with Gasteiger partial charge in [0.25, 0.3) is 6.17 Å². The minimum Gasteiger partial charge on any atom is -0.282 e. The maximum Gasteiger partial charge on any atom is 0.425 e. The first-order valence-electron chi connectivity index (χ1n) is 6.01. The molecule has 0 amide bonds. The molecule has 0 aromatic heterocycles. The molecule has 1 rings (SSSR count). The third-order valence-electron chi connectivity index (χ3n) is 2.66. The monoisotopic (exact) mass is 348 g/mol. The van der Waals surface area contributed by atoms with Crippen LogP contribution in [0.2, 0.25) is 0 Å². The van der Waals surface area contributed by atoms with Gasteiger partial charge in [-0.1, -0.05) is 42.1 Å². The van der Waals surface area contributed by atoms with E-state index in [0.717, 1.165) is 0 Å². The summed E-state index contributed by atoms with van der Waals surface area (Å²) in [5.74, 6) is -5.68. The van der Waals surface area contributed by atoms with Crippen LogP contribution in [0, 0.1) is 0 Å². The van der Waals surface area contributed by atoms with Crippen LogP contribution in [-0.4, -0.2) is 35.3 Å². The van der Waals surface area contributed by atoms with E-state index in [4.69, 9.17) is 0 Å². The standard InChI is InChI=1S/C13H11F7OS/c14-9(12(16,17)11(15)13(18,19)20)6-7-22-10(21)8-4-2-1-3-5-8/h1-5,9,11H,6-7H2. The van der Waals surface area contributed by atoms with Crippen LogP contribution in [0.3, 0.4) is 0 Å². The molecular formula is C13H11F7OS. The van der Waals surface area contributed by atoms with Crippen molar-refractivity contribution in [3.05, 3.63) is 35.9 Å². The molecule has 1 aromatic rings. The van der Waals surface area contributed by atoms with Crippen molar-refractivity contribution < 1.29 is 35.5 Å². The van der Waals surface area contributed by atoms with Crippen LogP contribution in [0.15, 0.2) is 30.3 Å². The summed E-state index contributed by atoms with van der Waals surface area (Å²) in [5.41, 5.74) is 0.244. The lowest BCUT2D eigenvalue weighted by molar-refractivity contribution is -0.259. The number of hydrogen-bond donors (Lipinski definition) is 0. The van der Waals surface area contributed by atoms with Gasteiger partial charge >= 0.3 is 12.1 Å². The van der Waals surface area contributed by atoms with Gasteiger partial charge in [-0.15, -0.1) is 0 Å². The van der Waals surface area contributed by atoms with Gasteiger partial charge in [0.15, 0.2) is 6.17 Å². The smallest absolute Gasteiger partial charge is 0.282 e. The molecule has 1 nitrogen and oxygen atoms in total. The SMILES string of the molecule is O=C(SCCC(F)C(F)(F)C(F)C(F)(F)F)c1ccccc1. The Morgan fingerprint density at radius 1 is 1.05 bits per heavy atom. The third-order valence-corrected chi connectivity index (χ3v) is 3.59. The first-order chi connectivity index (χ1) is 10.1. The summed E-state index contributed by atoms with van der Waals surface area (Å²) in [4.78, 5) is 11.6. The van der Waals surface area contributed by atoms with Gasteiger partial charge in [0.1, 0.15) is 0 Å². The molecule has 0 aliphatic heterocycles. The fraction of sp³-hybridized carbons (Fsp3) is 0.462. The second kappa shape index (κ2) is 7.34. The molecule has 0 bridgehead atoms. The third kappa shape index (κ3) is 4.89. The van der Waals surface area contributed by atoms with E-state index in [0.29, 0.717) is 11.8 Å². The molecule has 0 saturated carbocycles. The summed E-state index contributed by atoms with van der Waals surface area (Å²) in [7, 11) is 0. The Balaban J connectivity index is 2.52. The van der Waals surface area contributed by atoms with Crippen LogP contribution in [0.25, 0.3) is 0 Å². The fourth-order valence-corrected chi connectivity index (χ4v) is 2.30. The highest BCUT2D eigenvalue weighted by Gasteiger charge is 2.60. The van der Waals surface area contributed by atoms with Gasteiger partial charge in [-0.3, -0.25) is 4.79 Å². The highest BCUT2D eigenvalue weighted by atomic mass is 32.2. The van der Waals surface area contributed by atoms with Gasteiger partial charge in [-0.25, -0.2) is 8.78 Å². The molecule has 2 unspecified atom stereocenters. The number of halogens is 7. The lowest BCUT2D eigenvalue weighted by Gasteiger charge is -2.25. The molecule has 0 aliphatic rings. The zero-order valence-corrected chi connectivity index (χ0v) is 11.7. The Morgan fingerprint density at radius 2 is 1.59 bits per heavy atom. The summed E-state index contributed by atoms with van der Waals surface area (Å²) in [5, 5.41) is -0.538. The van der Waals surface area contributed by atoms with Crippen molar-refractivity contribution in [1.29, 1.82) is 0 Å². The van der Waals surface area contributed by atoms with Gasteiger partial charge in [0.05, 0.1) is 0 Å². The normalized spacial score (nSPS) is 15.4. The van der Waals surface area contributed by atoms with Crippen molar-refractivity contribution in [3.8, 4) is 0 Å². The number of benzene rings is 1. The maximum absolute atomic E-state index is 13.2. The predicted octanol–water partition coefficient (Wildman–Crippen LogP) is 4.82. The molecule has 0 radical (unpaired) electrons. The van der Waals surface area contributed by atoms with E-state index in [1.165, 1.54) is 12.1 Å². The van der Waals surface area contributed by atoms with Gasteiger partial charge in [-0.2, -0.15) is 22.0 Å². The van der Waals surface area contributed by atoms with Crippen molar-refractivity contribution in [1.82, 2.24) is 0 Å². The van der Waals surface area contributed by atoms with Gasteiger partial charge < -0.3 is 0 Å². The molecule has 0 spiro atoms. The van der Waals surface area contributed by atoms with Gasteiger partial charge in [0, 0.05) is 11.3 Å². The summed E-state index contributed by atoms with van der Waals surface area (Å²) in [6.07, 6.45) is -14.8. The number of thioether (sulfide) groups is 1. The molecule has 0 heterocycles. The molecule has 2 atom stereocenters. The molecule has 0 aliphatic carbocycles. The largest absolute Gasteiger partial charge is 0.425 e. The number of carbonyl (C=O) groups excluding carboxylic acids is 1. The molecule has 0 N–H and O–H groups in total. The van der Waals surface area contributed by atoms with Crippen LogP contribution in [0.4, 0.5) is 30.7 Å². The maximum atomic E-state index is 13.2. The van der Waals surface area contributed by atoms with Gasteiger partial charge in [-0.05, 0) is 6.42 Å². The summed E-state index contributed by atoms with van der Waals surface area (Å²) < 4.78 is 87.5. The van der Waals surface area contributed by atoms with Crippen LogP contribution >= 0.6 is 11.8 Å². The van der Waals surface area contributed by atoms with Crippen LogP contribution in [-0.2, 0) is 0 Å². The molecule has 124 valence electrons. The Bertz CT molecular complexity index is 489. The first kappa shape index (κ1) is 18.8. The highest BCUT2D eigenvalue weighted by Crippen LogP contribution is 2.39. The minimum atomic E-state index is -5.85. The molecular weight excluding hydrogens is 337 g/mol. The van der Waals surface area contributed by atoms with E-state index in [9.17, 15) is 35.5 Å². The molecule has 22 heavy (non-hydrogen) atoms. The lowest BCUT2D eigenvalue weighted by atomic mass is 10.1. The minimum absolute atomic E-state index is 0.244. The Hall–Kier alpha value is -1.25. The summed E-state index contributed by atoms with van der Waals surface area (Å²) in [6, 6.07) is 7.63. The molecule has 9 heteroatoms. The quantitative estimate of drug-likeness (QED) is 0.686.